The fourth-order valence-electron chi connectivity index (χ4n) is 2.78. The molecule has 0 fully saturated rings. The topological polar surface area (TPSA) is 71.3 Å². The summed E-state index contributed by atoms with van der Waals surface area (Å²) in [4.78, 5) is 23.2. The lowest BCUT2D eigenvalue weighted by molar-refractivity contribution is 0.102. The highest BCUT2D eigenvalue weighted by Gasteiger charge is 2.15. The molecule has 0 aliphatic heterocycles. The second-order valence-corrected chi connectivity index (χ2v) is 6.30. The lowest BCUT2D eigenvalue weighted by atomic mass is 10.1. The molecule has 2 heterocycles. The quantitative estimate of drug-likeness (QED) is 0.592. The Morgan fingerprint density at radius 2 is 1.81 bits per heavy atom. The van der Waals surface area contributed by atoms with Gasteiger partial charge in [-0.1, -0.05) is 12.1 Å². The van der Waals surface area contributed by atoms with E-state index in [0.717, 1.165) is 11.2 Å². The Bertz CT molecular complexity index is 1070. The number of anilines is 2. The van der Waals surface area contributed by atoms with E-state index in [0.29, 0.717) is 28.3 Å². The van der Waals surface area contributed by atoms with Gasteiger partial charge in [0.25, 0.3) is 5.91 Å². The van der Waals surface area contributed by atoms with Gasteiger partial charge in [-0.05, 0) is 42.5 Å². The minimum Gasteiger partial charge on any atom is -0.434 e. The minimum absolute atomic E-state index is 0.189. The van der Waals surface area contributed by atoms with Gasteiger partial charge >= 0.3 is 0 Å². The summed E-state index contributed by atoms with van der Waals surface area (Å²) in [7, 11) is 3.92. The van der Waals surface area contributed by atoms with Crippen molar-refractivity contribution >= 4 is 28.4 Å². The van der Waals surface area contributed by atoms with E-state index < -0.39 is 0 Å². The van der Waals surface area contributed by atoms with E-state index in [1.807, 2.05) is 55.4 Å². The first-order valence-electron chi connectivity index (χ1n) is 8.50. The summed E-state index contributed by atoms with van der Waals surface area (Å²) in [6.07, 6.45) is 3.29. The Morgan fingerprint density at radius 1 is 1.04 bits per heavy atom. The monoisotopic (exact) mass is 358 g/mol. The first kappa shape index (κ1) is 16.8. The third-order valence-corrected chi connectivity index (χ3v) is 4.24. The first-order valence-corrected chi connectivity index (χ1v) is 8.50. The second kappa shape index (κ2) is 6.92. The predicted octanol–water partition coefficient (Wildman–Crippen LogP) is 4.21. The van der Waals surface area contributed by atoms with Gasteiger partial charge in [0.05, 0.1) is 17.4 Å². The van der Waals surface area contributed by atoms with E-state index in [2.05, 4.69) is 15.3 Å². The molecule has 134 valence electrons. The maximum Gasteiger partial charge on any atom is 0.255 e. The van der Waals surface area contributed by atoms with E-state index in [1.54, 1.807) is 30.6 Å². The molecule has 0 unspecified atom stereocenters. The van der Waals surface area contributed by atoms with Gasteiger partial charge in [-0.15, -0.1) is 0 Å². The first-order chi connectivity index (χ1) is 13.1. The van der Waals surface area contributed by atoms with Gasteiger partial charge in [-0.25, -0.2) is 4.98 Å². The van der Waals surface area contributed by atoms with Gasteiger partial charge in [0.2, 0.25) is 5.89 Å². The number of nitrogens with zero attached hydrogens (tertiary/aromatic N) is 3. The van der Waals surface area contributed by atoms with E-state index in [-0.39, 0.29) is 5.91 Å². The average molecular weight is 358 g/mol. The Morgan fingerprint density at radius 3 is 2.56 bits per heavy atom. The number of amides is 1. The van der Waals surface area contributed by atoms with Crippen molar-refractivity contribution in [2.24, 2.45) is 0 Å². The molecule has 0 aliphatic rings. The molecule has 1 N–H and O–H groups in total. The maximum atomic E-state index is 12.7. The van der Waals surface area contributed by atoms with Crippen molar-refractivity contribution < 1.29 is 9.21 Å². The van der Waals surface area contributed by atoms with E-state index in [4.69, 9.17) is 4.42 Å². The van der Waals surface area contributed by atoms with Crippen molar-refractivity contribution in [3.05, 3.63) is 72.6 Å². The zero-order chi connectivity index (χ0) is 18.8. The molecule has 0 saturated carbocycles. The van der Waals surface area contributed by atoms with Crippen LogP contribution in [-0.4, -0.2) is 30.0 Å². The van der Waals surface area contributed by atoms with Gasteiger partial charge in [0.1, 0.15) is 5.52 Å². The maximum absolute atomic E-state index is 12.7. The van der Waals surface area contributed by atoms with Crippen molar-refractivity contribution in [3.63, 3.8) is 0 Å². The van der Waals surface area contributed by atoms with Crippen molar-refractivity contribution in [1.29, 1.82) is 0 Å². The van der Waals surface area contributed by atoms with E-state index in [9.17, 15) is 4.79 Å². The van der Waals surface area contributed by atoms with Gasteiger partial charge in [-0.3, -0.25) is 9.78 Å². The number of nitrogens with one attached hydrogen (secondary N) is 1. The Labute approximate surface area is 156 Å². The van der Waals surface area contributed by atoms with Gasteiger partial charge in [0.15, 0.2) is 5.58 Å². The van der Waals surface area contributed by atoms with Crippen LogP contribution in [0.4, 0.5) is 11.4 Å². The third-order valence-electron chi connectivity index (χ3n) is 4.24. The lowest BCUT2D eigenvalue weighted by Crippen LogP contribution is -2.13. The average Bonchev–Trinajstić information content (AvgIpc) is 3.12. The summed E-state index contributed by atoms with van der Waals surface area (Å²) in [5.41, 5.74) is 4.29. The molecule has 4 aromatic rings. The summed E-state index contributed by atoms with van der Waals surface area (Å²) < 4.78 is 5.79. The number of oxazole rings is 1. The predicted molar refractivity (Wildman–Crippen MR) is 106 cm³/mol. The molecular formula is C21H18N4O2. The van der Waals surface area contributed by atoms with Crippen LogP contribution in [0.15, 0.2) is 71.4 Å². The molecule has 2 aromatic heterocycles. The van der Waals surface area contributed by atoms with Gasteiger partial charge in [-0.2, -0.15) is 0 Å². The lowest BCUT2D eigenvalue weighted by Gasteiger charge is -2.13. The third kappa shape index (κ3) is 3.37. The van der Waals surface area contributed by atoms with Crippen LogP contribution in [0.3, 0.4) is 0 Å². The number of aromatic nitrogens is 2. The summed E-state index contributed by atoms with van der Waals surface area (Å²) in [6.45, 7) is 0. The highest BCUT2D eigenvalue weighted by Crippen LogP contribution is 2.30. The number of fused-ring (bicyclic) bond motifs is 1. The number of rotatable bonds is 4. The molecule has 0 radical (unpaired) electrons. The smallest absolute Gasteiger partial charge is 0.255 e. The summed E-state index contributed by atoms with van der Waals surface area (Å²) >= 11 is 0. The highest BCUT2D eigenvalue weighted by atomic mass is 16.3. The minimum atomic E-state index is -0.189. The van der Waals surface area contributed by atoms with Crippen molar-refractivity contribution in [3.8, 4) is 11.5 Å². The number of carbonyl (C=O) groups excluding carboxylic acids is 1. The molecule has 6 heteroatoms. The van der Waals surface area contributed by atoms with Gasteiger partial charge in [0, 0.05) is 31.5 Å². The summed E-state index contributed by atoms with van der Waals surface area (Å²) in [6, 6.07) is 16.6. The number of para-hydroxylation sites is 1. The molecule has 1 amide bonds. The molecule has 0 aliphatic carbocycles. The highest BCUT2D eigenvalue weighted by molar-refractivity contribution is 6.06. The molecule has 27 heavy (non-hydrogen) atoms. The SMILES string of the molecule is CN(C)c1ccc(C(=O)Nc2ccccc2-c2nc3ccncc3o2)cc1. The molecule has 0 spiro atoms. The number of benzene rings is 2. The van der Waals surface area contributed by atoms with Crippen molar-refractivity contribution in [2.45, 2.75) is 0 Å². The summed E-state index contributed by atoms with van der Waals surface area (Å²) in [5.74, 6) is 0.252. The Kier molecular flexibility index (Phi) is 4.30. The number of hydrogen-bond acceptors (Lipinski definition) is 5. The largest absolute Gasteiger partial charge is 0.434 e. The van der Waals surface area contributed by atoms with Crippen LogP contribution in [0.5, 0.6) is 0 Å². The van der Waals surface area contributed by atoms with E-state index in [1.165, 1.54) is 0 Å². The number of carbonyl (C=O) groups is 1. The molecule has 4 rings (SSSR count). The van der Waals surface area contributed by atoms with Gasteiger partial charge < -0.3 is 14.6 Å². The van der Waals surface area contributed by atoms with Crippen molar-refractivity contribution in [1.82, 2.24) is 9.97 Å². The van der Waals surface area contributed by atoms with Crippen LogP contribution >= 0.6 is 0 Å². The zero-order valence-electron chi connectivity index (χ0n) is 15.0. The number of hydrogen-bond donors (Lipinski definition) is 1. The van der Waals surface area contributed by atoms with Crippen LogP contribution in [-0.2, 0) is 0 Å². The van der Waals surface area contributed by atoms with Crippen LogP contribution in [0.2, 0.25) is 0 Å². The fraction of sp³-hybridized carbons (Fsp3) is 0.0952. The molecule has 0 bridgehead atoms. The molecular weight excluding hydrogens is 340 g/mol. The second-order valence-electron chi connectivity index (χ2n) is 6.30. The van der Waals surface area contributed by atoms with Crippen molar-refractivity contribution in [2.75, 3.05) is 24.3 Å². The van der Waals surface area contributed by atoms with Crippen LogP contribution in [0, 0.1) is 0 Å². The zero-order valence-corrected chi connectivity index (χ0v) is 15.0. The normalized spacial score (nSPS) is 10.7. The Hall–Kier alpha value is -3.67. The number of pyridine rings is 1. The molecule has 0 saturated heterocycles. The standard InChI is InChI=1S/C21H18N4O2/c1-25(2)15-9-7-14(8-10-15)20(26)23-17-6-4-3-5-16(17)21-24-18-11-12-22-13-19(18)27-21/h3-13H,1-2H3,(H,23,26). The summed E-state index contributed by atoms with van der Waals surface area (Å²) in [5, 5.41) is 2.95. The molecule has 0 atom stereocenters. The van der Waals surface area contributed by atoms with Crippen LogP contribution in [0.1, 0.15) is 10.4 Å². The van der Waals surface area contributed by atoms with E-state index >= 15 is 0 Å². The molecule has 6 nitrogen and oxygen atoms in total. The fourth-order valence-corrected chi connectivity index (χ4v) is 2.78. The van der Waals surface area contributed by atoms with Crippen LogP contribution in [0.25, 0.3) is 22.6 Å². The Balaban J connectivity index is 1.64. The molecule has 2 aromatic carbocycles. The van der Waals surface area contributed by atoms with Crippen LogP contribution < -0.4 is 10.2 Å².